The normalized spacial score (nSPS) is 44.7. The molecule has 1 saturated carbocycles. The molecule has 1 saturated heterocycles. The molecule has 0 aromatic rings. The highest BCUT2D eigenvalue weighted by atomic mass is 19.4. The molecule has 2 fully saturated rings. The van der Waals surface area contributed by atoms with Gasteiger partial charge in [-0.2, -0.15) is 13.2 Å². The topological polar surface area (TPSA) is 46.5 Å². The smallest absolute Gasteiger partial charge is 0.391 e. The number of hydrogen-bond donors (Lipinski definition) is 1. The first-order valence-electron chi connectivity index (χ1n) is 6.16. The highest BCUT2D eigenvalue weighted by Gasteiger charge is 2.55. The van der Waals surface area contributed by atoms with Gasteiger partial charge in [0.1, 0.15) is 0 Å². The summed E-state index contributed by atoms with van der Waals surface area (Å²) in [6.07, 6.45) is -5.50. The Kier molecular flexibility index (Phi) is 3.34. The molecule has 1 N–H and O–H groups in total. The molecule has 1 aliphatic heterocycles. The van der Waals surface area contributed by atoms with E-state index in [2.05, 4.69) is 0 Å². The third-order valence-corrected chi connectivity index (χ3v) is 4.47. The number of halogens is 3. The molecule has 1 aliphatic carbocycles. The molecule has 18 heavy (non-hydrogen) atoms. The Labute approximate surface area is 103 Å². The number of carboxylic acid groups (broad SMARTS) is 1. The summed E-state index contributed by atoms with van der Waals surface area (Å²) < 4.78 is 43.9. The van der Waals surface area contributed by atoms with Gasteiger partial charge >= 0.3 is 12.1 Å². The molecule has 0 unspecified atom stereocenters. The Balaban J connectivity index is 2.24. The summed E-state index contributed by atoms with van der Waals surface area (Å²) >= 11 is 0. The summed E-state index contributed by atoms with van der Waals surface area (Å²) in [7, 11) is 0. The zero-order valence-corrected chi connectivity index (χ0v) is 10.3. The van der Waals surface area contributed by atoms with Gasteiger partial charge in [-0.25, -0.2) is 0 Å². The van der Waals surface area contributed by atoms with E-state index in [-0.39, 0.29) is 30.8 Å². The quantitative estimate of drug-likeness (QED) is 0.793. The van der Waals surface area contributed by atoms with Gasteiger partial charge in [-0.05, 0) is 25.7 Å². The van der Waals surface area contributed by atoms with Crippen LogP contribution in [0.2, 0.25) is 0 Å². The monoisotopic (exact) mass is 266 g/mol. The molecule has 0 bridgehead atoms. The first-order chi connectivity index (χ1) is 8.21. The van der Waals surface area contributed by atoms with Crippen molar-refractivity contribution < 1.29 is 27.8 Å². The molecule has 0 aromatic heterocycles. The highest BCUT2D eigenvalue weighted by Crippen LogP contribution is 2.50. The third kappa shape index (κ3) is 2.22. The SMILES string of the molecule is C[C@H]1[C@@H]2[C@H](C[C@@H](C(F)(F)F)C[C@H]2C(=O)O)O[C@@H]1C. The van der Waals surface area contributed by atoms with Crippen LogP contribution in [0.3, 0.4) is 0 Å². The van der Waals surface area contributed by atoms with E-state index < -0.39 is 30.1 Å². The summed E-state index contributed by atoms with van der Waals surface area (Å²) in [6.45, 7) is 3.66. The van der Waals surface area contributed by atoms with E-state index in [9.17, 15) is 18.0 Å². The van der Waals surface area contributed by atoms with Crippen LogP contribution in [0.25, 0.3) is 0 Å². The summed E-state index contributed by atoms with van der Waals surface area (Å²) in [4.78, 5) is 11.2. The van der Waals surface area contributed by atoms with Gasteiger partial charge in [0.15, 0.2) is 0 Å². The van der Waals surface area contributed by atoms with Crippen molar-refractivity contribution in [1.82, 2.24) is 0 Å². The summed E-state index contributed by atoms with van der Waals surface area (Å²) in [6, 6.07) is 0. The largest absolute Gasteiger partial charge is 0.481 e. The fraction of sp³-hybridized carbons (Fsp3) is 0.917. The fourth-order valence-electron chi connectivity index (χ4n) is 3.35. The van der Waals surface area contributed by atoms with Gasteiger partial charge < -0.3 is 9.84 Å². The molecule has 6 heteroatoms. The standard InChI is InChI=1S/C12H17F3O3/c1-5-6(2)18-9-4-7(12(13,14)15)3-8(10(5)9)11(16)17/h5-10H,3-4H2,1-2H3,(H,16,17)/t5-,6-,7+,8-,9+,10+/m1/s1. The second kappa shape index (κ2) is 4.40. The third-order valence-electron chi connectivity index (χ3n) is 4.47. The molecule has 6 atom stereocenters. The maximum atomic E-state index is 12.8. The van der Waals surface area contributed by atoms with Crippen LogP contribution in [-0.2, 0) is 9.53 Å². The van der Waals surface area contributed by atoms with E-state index in [4.69, 9.17) is 9.84 Å². The van der Waals surface area contributed by atoms with E-state index in [1.54, 1.807) is 6.92 Å². The van der Waals surface area contributed by atoms with Gasteiger partial charge in [0, 0.05) is 5.92 Å². The molecular formula is C12H17F3O3. The fourth-order valence-corrected chi connectivity index (χ4v) is 3.35. The molecule has 104 valence electrons. The Bertz CT molecular complexity index is 342. The molecule has 2 rings (SSSR count). The molecule has 0 amide bonds. The van der Waals surface area contributed by atoms with Crippen molar-refractivity contribution in [3.63, 3.8) is 0 Å². The van der Waals surface area contributed by atoms with Crippen LogP contribution in [0.5, 0.6) is 0 Å². The van der Waals surface area contributed by atoms with Crippen molar-refractivity contribution in [3.05, 3.63) is 0 Å². The van der Waals surface area contributed by atoms with Gasteiger partial charge in [-0.1, -0.05) is 6.92 Å². The van der Waals surface area contributed by atoms with Gasteiger partial charge in [-0.3, -0.25) is 4.79 Å². The molecule has 0 spiro atoms. The summed E-state index contributed by atoms with van der Waals surface area (Å²) in [5.41, 5.74) is 0. The Morgan fingerprint density at radius 2 is 1.89 bits per heavy atom. The number of rotatable bonds is 1. The molecule has 0 radical (unpaired) electrons. The average molecular weight is 266 g/mol. The lowest BCUT2D eigenvalue weighted by Crippen LogP contribution is -2.44. The lowest BCUT2D eigenvalue weighted by atomic mass is 9.68. The van der Waals surface area contributed by atoms with Crippen molar-refractivity contribution in [2.75, 3.05) is 0 Å². The number of alkyl halides is 3. The minimum absolute atomic E-state index is 0.00900. The van der Waals surface area contributed by atoms with E-state index in [1.165, 1.54) is 0 Å². The second-order valence-electron chi connectivity index (χ2n) is 5.47. The first-order valence-corrected chi connectivity index (χ1v) is 6.16. The van der Waals surface area contributed by atoms with Gasteiger partial charge in [0.25, 0.3) is 0 Å². The first kappa shape index (κ1) is 13.6. The number of ether oxygens (including phenoxy) is 1. The molecular weight excluding hydrogens is 249 g/mol. The van der Waals surface area contributed by atoms with E-state index >= 15 is 0 Å². The summed E-state index contributed by atoms with van der Waals surface area (Å²) in [5, 5.41) is 9.15. The van der Waals surface area contributed by atoms with E-state index in [0.29, 0.717) is 0 Å². The van der Waals surface area contributed by atoms with Gasteiger partial charge in [0.2, 0.25) is 0 Å². The van der Waals surface area contributed by atoms with E-state index in [0.717, 1.165) is 0 Å². The minimum atomic E-state index is -4.34. The van der Waals surface area contributed by atoms with Crippen molar-refractivity contribution in [2.24, 2.45) is 23.7 Å². The van der Waals surface area contributed by atoms with Crippen molar-refractivity contribution in [2.45, 2.75) is 45.1 Å². The van der Waals surface area contributed by atoms with Crippen LogP contribution in [-0.4, -0.2) is 29.5 Å². The Morgan fingerprint density at radius 1 is 1.28 bits per heavy atom. The predicted octanol–water partition coefficient (Wildman–Crippen LogP) is 2.70. The Hall–Kier alpha value is -0.780. The van der Waals surface area contributed by atoms with Crippen LogP contribution in [0.15, 0.2) is 0 Å². The molecule has 3 nitrogen and oxygen atoms in total. The number of hydrogen-bond acceptors (Lipinski definition) is 2. The van der Waals surface area contributed by atoms with Crippen LogP contribution in [0, 0.1) is 23.7 Å². The lowest BCUT2D eigenvalue weighted by Gasteiger charge is -2.37. The molecule has 2 aliphatic rings. The highest BCUT2D eigenvalue weighted by molar-refractivity contribution is 5.70. The van der Waals surface area contributed by atoms with Gasteiger partial charge in [0.05, 0.1) is 24.0 Å². The van der Waals surface area contributed by atoms with Crippen LogP contribution < -0.4 is 0 Å². The second-order valence-corrected chi connectivity index (χ2v) is 5.47. The molecule has 1 heterocycles. The number of aliphatic carboxylic acids is 1. The number of carbonyl (C=O) groups is 1. The summed E-state index contributed by atoms with van der Waals surface area (Å²) in [5.74, 6) is -3.95. The predicted molar refractivity (Wildman–Crippen MR) is 56.9 cm³/mol. The number of carboxylic acids is 1. The van der Waals surface area contributed by atoms with Gasteiger partial charge in [-0.15, -0.1) is 0 Å². The minimum Gasteiger partial charge on any atom is -0.481 e. The maximum absolute atomic E-state index is 12.8. The Morgan fingerprint density at radius 3 is 2.39 bits per heavy atom. The van der Waals surface area contributed by atoms with E-state index in [1.807, 2.05) is 6.92 Å². The number of fused-ring (bicyclic) bond motifs is 1. The maximum Gasteiger partial charge on any atom is 0.391 e. The lowest BCUT2D eigenvalue weighted by molar-refractivity contribution is -0.202. The van der Waals surface area contributed by atoms with Crippen molar-refractivity contribution in [1.29, 1.82) is 0 Å². The molecule has 0 aromatic carbocycles. The van der Waals surface area contributed by atoms with Crippen LogP contribution in [0.4, 0.5) is 13.2 Å². The van der Waals surface area contributed by atoms with Crippen LogP contribution in [0.1, 0.15) is 26.7 Å². The van der Waals surface area contributed by atoms with Crippen molar-refractivity contribution in [3.8, 4) is 0 Å². The zero-order valence-electron chi connectivity index (χ0n) is 10.3. The zero-order chi connectivity index (χ0) is 13.7. The van der Waals surface area contributed by atoms with Crippen LogP contribution >= 0.6 is 0 Å². The average Bonchev–Trinajstić information content (AvgIpc) is 2.52. The van der Waals surface area contributed by atoms with Crippen molar-refractivity contribution >= 4 is 5.97 Å².